The van der Waals surface area contributed by atoms with Crippen molar-refractivity contribution in [3.63, 3.8) is 0 Å². The molecule has 0 aliphatic carbocycles. The van der Waals surface area contributed by atoms with Gasteiger partial charge < -0.3 is 14.6 Å². The summed E-state index contributed by atoms with van der Waals surface area (Å²) in [6.45, 7) is 0.359. The standard InChI is InChI=1S/C14H13ClO3/c1-17-14-6-5-10(7-13(14)16)9-18-12-4-2-3-11(15)8-12/h2-8,16H,9H2,1H3. The largest absolute Gasteiger partial charge is 0.504 e. The minimum Gasteiger partial charge on any atom is -0.504 e. The Labute approximate surface area is 111 Å². The van der Waals surface area contributed by atoms with E-state index in [1.807, 2.05) is 18.2 Å². The first-order valence-corrected chi connectivity index (χ1v) is 5.81. The van der Waals surface area contributed by atoms with E-state index in [4.69, 9.17) is 21.1 Å². The van der Waals surface area contributed by atoms with Gasteiger partial charge in [-0.1, -0.05) is 23.7 Å². The van der Waals surface area contributed by atoms with Crippen LogP contribution in [-0.4, -0.2) is 12.2 Å². The molecule has 0 aliphatic heterocycles. The maximum absolute atomic E-state index is 9.63. The summed E-state index contributed by atoms with van der Waals surface area (Å²) < 4.78 is 10.5. The number of benzene rings is 2. The number of hydrogen-bond acceptors (Lipinski definition) is 3. The Kier molecular flexibility index (Phi) is 3.95. The van der Waals surface area contributed by atoms with E-state index in [2.05, 4.69) is 0 Å². The van der Waals surface area contributed by atoms with E-state index < -0.39 is 0 Å². The van der Waals surface area contributed by atoms with Gasteiger partial charge in [-0.25, -0.2) is 0 Å². The van der Waals surface area contributed by atoms with Gasteiger partial charge in [0.05, 0.1) is 7.11 Å². The highest BCUT2D eigenvalue weighted by atomic mass is 35.5. The third-order valence-corrected chi connectivity index (χ3v) is 2.68. The Hall–Kier alpha value is -1.87. The summed E-state index contributed by atoms with van der Waals surface area (Å²) in [7, 11) is 1.51. The molecule has 18 heavy (non-hydrogen) atoms. The van der Waals surface area contributed by atoms with Crippen LogP contribution in [0.3, 0.4) is 0 Å². The fourth-order valence-electron chi connectivity index (χ4n) is 1.55. The average molecular weight is 265 g/mol. The molecule has 2 rings (SSSR count). The number of phenols is 1. The molecule has 0 radical (unpaired) electrons. The van der Waals surface area contributed by atoms with E-state index in [1.165, 1.54) is 7.11 Å². The molecule has 2 aromatic rings. The molecule has 0 spiro atoms. The summed E-state index contributed by atoms with van der Waals surface area (Å²) in [5.41, 5.74) is 0.855. The molecule has 94 valence electrons. The Balaban J connectivity index is 2.04. The lowest BCUT2D eigenvalue weighted by Gasteiger charge is -2.08. The lowest BCUT2D eigenvalue weighted by Crippen LogP contribution is -1.95. The van der Waals surface area contributed by atoms with Gasteiger partial charge in [0.15, 0.2) is 11.5 Å². The summed E-state index contributed by atoms with van der Waals surface area (Å²) in [4.78, 5) is 0. The molecule has 0 bridgehead atoms. The van der Waals surface area contributed by atoms with E-state index in [0.29, 0.717) is 23.1 Å². The van der Waals surface area contributed by atoms with Gasteiger partial charge in [-0.3, -0.25) is 0 Å². The van der Waals surface area contributed by atoms with Crippen LogP contribution in [0.4, 0.5) is 0 Å². The van der Waals surface area contributed by atoms with Gasteiger partial charge in [0.25, 0.3) is 0 Å². The van der Waals surface area contributed by atoms with Gasteiger partial charge >= 0.3 is 0 Å². The maximum atomic E-state index is 9.63. The molecule has 0 unspecified atom stereocenters. The van der Waals surface area contributed by atoms with Crippen LogP contribution in [0.15, 0.2) is 42.5 Å². The molecule has 0 aliphatic rings. The highest BCUT2D eigenvalue weighted by molar-refractivity contribution is 6.30. The third-order valence-electron chi connectivity index (χ3n) is 2.44. The van der Waals surface area contributed by atoms with Crippen molar-refractivity contribution in [1.29, 1.82) is 0 Å². The molecule has 0 saturated heterocycles. The van der Waals surface area contributed by atoms with Crippen molar-refractivity contribution >= 4 is 11.6 Å². The highest BCUT2D eigenvalue weighted by Crippen LogP contribution is 2.27. The van der Waals surface area contributed by atoms with Gasteiger partial charge in [0, 0.05) is 5.02 Å². The van der Waals surface area contributed by atoms with Gasteiger partial charge in [0.1, 0.15) is 12.4 Å². The van der Waals surface area contributed by atoms with Gasteiger partial charge in [-0.15, -0.1) is 0 Å². The molecular formula is C14H13ClO3. The second kappa shape index (κ2) is 5.65. The zero-order valence-electron chi connectivity index (χ0n) is 9.89. The molecule has 0 heterocycles. The Bertz CT molecular complexity index is 540. The Morgan fingerprint density at radius 3 is 2.67 bits per heavy atom. The highest BCUT2D eigenvalue weighted by Gasteiger charge is 2.03. The maximum Gasteiger partial charge on any atom is 0.160 e. The molecule has 0 atom stereocenters. The first kappa shape index (κ1) is 12.6. The van der Waals surface area contributed by atoms with E-state index in [0.717, 1.165) is 5.56 Å². The smallest absolute Gasteiger partial charge is 0.160 e. The number of aromatic hydroxyl groups is 1. The van der Waals surface area contributed by atoms with Crippen molar-refractivity contribution in [3.05, 3.63) is 53.1 Å². The SMILES string of the molecule is COc1ccc(COc2cccc(Cl)c2)cc1O. The predicted octanol–water partition coefficient (Wildman–Crippen LogP) is 3.63. The van der Waals surface area contributed by atoms with Crippen molar-refractivity contribution in [2.75, 3.05) is 7.11 Å². The molecule has 0 fully saturated rings. The zero-order chi connectivity index (χ0) is 13.0. The molecule has 1 N–H and O–H groups in total. The number of ether oxygens (including phenoxy) is 2. The van der Waals surface area contributed by atoms with Crippen LogP contribution in [0.25, 0.3) is 0 Å². The number of rotatable bonds is 4. The van der Waals surface area contributed by atoms with Crippen LogP contribution in [0, 0.1) is 0 Å². The van der Waals surface area contributed by atoms with E-state index in [1.54, 1.807) is 24.3 Å². The second-order valence-corrected chi connectivity index (χ2v) is 4.19. The lowest BCUT2D eigenvalue weighted by molar-refractivity contribution is 0.304. The van der Waals surface area contributed by atoms with E-state index in [9.17, 15) is 5.11 Å². The van der Waals surface area contributed by atoms with Crippen LogP contribution < -0.4 is 9.47 Å². The third kappa shape index (κ3) is 3.08. The van der Waals surface area contributed by atoms with Crippen LogP contribution in [0.5, 0.6) is 17.2 Å². The number of halogens is 1. The quantitative estimate of drug-likeness (QED) is 0.916. The minimum absolute atomic E-state index is 0.102. The molecule has 3 nitrogen and oxygen atoms in total. The number of phenolic OH excluding ortho intramolecular Hbond substituents is 1. The Morgan fingerprint density at radius 1 is 1.17 bits per heavy atom. The molecule has 4 heteroatoms. The summed E-state index contributed by atoms with van der Waals surface area (Å²) >= 11 is 5.85. The zero-order valence-corrected chi connectivity index (χ0v) is 10.6. The van der Waals surface area contributed by atoms with Crippen LogP contribution in [0.1, 0.15) is 5.56 Å². The monoisotopic (exact) mass is 264 g/mol. The molecule has 0 saturated carbocycles. The lowest BCUT2D eigenvalue weighted by atomic mass is 10.2. The van der Waals surface area contributed by atoms with Crippen LogP contribution >= 0.6 is 11.6 Å². The fourth-order valence-corrected chi connectivity index (χ4v) is 1.73. The van der Waals surface area contributed by atoms with Crippen molar-refractivity contribution in [2.45, 2.75) is 6.61 Å². The van der Waals surface area contributed by atoms with Crippen molar-refractivity contribution in [3.8, 4) is 17.2 Å². The average Bonchev–Trinajstić information content (AvgIpc) is 2.37. The Morgan fingerprint density at radius 2 is 2.00 bits per heavy atom. The summed E-state index contributed by atoms with van der Waals surface area (Å²) in [5, 5.41) is 10.3. The normalized spacial score (nSPS) is 10.1. The predicted molar refractivity (Wildman–Crippen MR) is 70.4 cm³/mol. The van der Waals surface area contributed by atoms with Gasteiger partial charge in [0.2, 0.25) is 0 Å². The van der Waals surface area contributed by atoms with Crippen molar-refractivity contribution < 1.29 is 14.6 Å². The van der Waals surface area contributed by atoms with Crippen LogP contribution in [-0.2, 0) is 6.61 Å². The fraction of sp³-hybridized carbons (Fsp3) is 0.143. The van der Waals surface area contributed by atoms with Gasteiger partial charge in [-0.05, 0) is 35.9 Å². The minimum atomic E-state index is 0.102. The van der Waals surface area contributed by atoms with Gasteiger partial charge in [-0.2, -0.15) is 0 Å². The first-order valence-electron chi connectivity index (χ1n) is 5.43. The van der Waals surface area contributed by atoms with Crippen molar-refractivity contribution in [2.24, 2.45) is 0 Å². The molecule has 0 aromatic heterocycles. The van der Waals surface area contributed by atoms with E-state index >= 15 is 0 Å². The second-order valence-electron chi connectivity index (χ2n) is 3.75. The van der Waals surface area contributed by atoms with E-state index in [-0.39, 0.29) is 5.75 Å². The molecular weight excluding hydrogens is 252 g/mol. The number of hydrogen-bond donors (Lipinski definition) is 1. The first-order chi connectivity index (χ1) is 8.69. The summed E-state index contributed by atoms with van der Waals surface area (Å²) in [6, 6.07) is 12.3. The van der Waals surface area contributed by atoms with Crippen molar-refractivity contribution in [1.82, 2.24) is 0 Å². The molecule has 2 aromatic carbocycles. The summed E-state index contributed by atoms with van der Waals surface area (Å²) in [6.07, 6.45) is 0. The summed E-state index contributed by atoms with van der Waals surface area (Å²) in [5.74, 6) is 1.24. The topological polar surface area (TPSA) is 38.7 Å². The number of methoxy groups -OCH3 is 1. The van der Waals surface area contributed by atoms with Crippen LogP contribution in [0.2, 0.25) is 5.02 Å². The molecule has 0 amide bonds.